The Hall–Kier alpha value is -4.02. The second kappa shape index (κ2) is 7.84. The van der Waals surface area contributed by atoms with Gasteiger partial charge in [0.1, 0.15) is 0 Å². The van der Waals surface area contributed by atoms with E-state index in [2.05, 4.69) is 33.3 Å². The molecule has 1 fully saturated rings. The number of rotatable bonds is 4. The van der Waals surface area contributed by atoms with Gasteiger partial charge >= 0.3 is 0 Å². The van der Waals surface area contributed by atoms with E-state index in [0.717, 1.165) is 63.8 Å². The molecule has 33 heavy (non-hydrogen) atoms. The summed E-state index contributed by atoms with van der Waals surface area (Å²) in [4.78, 5) is 4.95. The molecule has 0 amide bonds. The summed E-state index contributed by atoms with van der Waals surface area (Å²) in [5, 5.41) is 24.1. The van der Waals surface area contributed by atoms with Crippen molar-refractivity contribution >= 4 is 21.8 Å². The van der Waals surface area contributed by atoms with Crippen LogP contribution in [0.15, 0.2) is 61.1 Å². The summed E-state index contributed by atoms with van der Waals surface area (Å²) in [6, 6.07) is 16.2. The topological polar surface area (TPSA) is 84.4 Å². The Labute approximate surface area is 191 Å². The zero-order valence-corrected chi connectivity index (χ0v) is 18.4. The number of hydrogen-bond donors (Lipinski definition) is 1. The van der Waals surface area contributed by atoms with E-state index in [0.29, 0.717) is 11.5 Å². The van der Waals surface area contributed by atoms with Crippen molar-refractivity contribution in [3.05, 3.63) is 66.6 Å². The van der Waals surface area contributed by atoms with Gasteiger partial charge in [0.05, 0.1) is 40.8 Å². The minimum absolute atomic E-state index is 0.583. The second-order valence-corrected chi connectivity index (χ2v) is 8.73. The highest BCUT2D eigenvalue weighted by Crippen LogP contribution is 2.37. The largest absolute Gasteiger partial charge is 0.316 e. The minimum Gasteiger partial charge on any atom is -0.316 e. The number of hydrogen-bond acceptors (Lipinski definition) is 5. The maximum absolute atomic E-state index is 9.26. The quantitative estimate of drug-likeness (QED) is 0.461. The van der Waals surface area contributed by atoms with E-state index in [1.165, 1.54) is 6.42 Å². The number of fused-ring (bicyclic) bond motifs is 2. The SMILES string of the molecule is Cn1cc2cc(-c3ncc4c(cnn4CC4CCNC4)c3-c3ccc(C#N)cc3)ccc2n1. The summed E-state index contributed by atoms with van der Waals surface area (Å²) in [6.45, 7) is 2.98. The average molecular weight is 434 g/mol. The van der Waals surface area contributed by atoms with Crippen LogP contribution in [0.25, 0.3) is 44.2 Å². The molecule has 0 radical (unpaired) electrons. The zero-order valence-electron chi connectivity index (χ0n) is 18.4. The molecule has 0 bridgehead atoms. The first-order chi connectivity index (χ1) is 16.2. The summed E-state index contributed by atoms with van der Waals surface area (Å²) < 4.78 is 3.91. The van der Waals surface area contributed by atoms with E-state index in [-0.39, 0.29) is 0 Å². The molecule has 0 saturated carbocycles. The number of benzene rings is 2. The van der Waals surface area contributed by atoms with Gasteiger partial charge in [-0.3, -0.25) is 14.3 Å². The number of nitrogens with zero attached hydrogens (tertiary/aromatic N) is 6. The Balaban J connectivity index is 1.54. The number of aromatic nitrogens is 5. The van der Waals surface area contributed by atoms with Crippen molar-refractivity contribution in [2.45, 2.75) is 13.0 Å². The summed E-state index contributed by atoms with van der Waals surface area (Å²) in [5.74, 6) is 0.583. The molecule has 5 aromatic rings. The number of nitrogens with one attached hydrogen (secondary N) is 1. The highest BCUT2D eigenvalue weighted by atomic mass is 15.3. The molecular weight excluding hydrogens is 410 g/mol. The average Bonchev–Trinajstić information content (AvgIpc) is 3.58. The van der Waals surface area contributed by atoms with E-state index in [9.17, 15) is 5.26 Å². The van der Waals surface area contributed by atoms with Gasteiger partial charge in [0.15, 0.2) is 0 Å². The molecule has 1 atom stereocenters. The van der Waals surface area contributed by atoms with Gasteiger partial charge in [-0.05, 0) is 55.3 Å². The van der Waals surface area contributed by atoms with E-state index >= 15 is 0 Å². The molecule has 1 saturated heterocycles. The molecule has 7 heteroatoms. The summed E-state index contributed by atoms with van der Waals surface area (Å²) >= 11 is 0. The molecular formula is C26H23N7. The van der Waals surface area contributed by atoms with Crippen molar-refractivity contribution in [3.8, 4) is 28.5 Å². The summed E-state index contributed by atoms with van der Waals surface area (Å²) in [5.41, 5.74) is 6.63. The Kier molecular flexibility index (Phi) is 4.67. The molecule has 4 heterocycles. The molecule has 1 unspecified atom stereocenters. The molecule has 0 aliphatic carbocycles. The van der Waals surface area contributed by atoms with Gasteiger partial charge in [0.2, 0.25) is 0 Å². The third-order valence-corrected chi connectivity index (χ3v) is 6.49. The molecule has 1 N–H and O–H groups in total. The normalized spacial score (nSPS) is 15.9. The molecule has 7 nitrogen and oxygen atoms in total. The van der Waals surface area contributed by atoms with Gasteiger partial charge in [0.25, 0.3) is 0 Å². The zero-order chi connectivity index (χ0) is 22.4. The molecule has 3 aromatic heterocycles. The first kappa shape index (κ1) is 19.6. The minimum atomic E-state index is 0.583. The van der Waals surface area contributed by atoms with Crippen LogP contribution in [0.4, 0.5) is 0 Å². The summed E-state index contributed by atoms with van der Waals surface area (Å²) in [6.07, 6.45) is 7.09. The van der Waals surface area contributed by atoms with Crippen molar-refractivity contribution in [2.75, 3.05) is 13.1 Å². The lowest BCUT2D eigenvalue weighted by molar-refractivity contribution is 0.459. The highest BCUT2D eigenvalue weighted by Gasteiger charge is 2.20. The lowest BCUT2D eigenvalue weighted by Crippen LogP contribution is -2.15. The van der Waals surface area contributed by atoms with Crippen LogP contribution < -0.4 is 5.32 Å². The summed E-state index contributed by atoms with van der Waals surface area (Å²) in [7, 11) is 1.93. The molecule has 1 aliphatic rings. The van der Waals surface area contributed by atoms with Crippen LogP contribution in [-0.2, 0) is 13.6 Å². The van der Waals surface area contributed by atoms with Crippen molar-refractivity contribution < 1.29 is 0 Å². The standard InChI is InChI=1S/C26H23N7/c1-32-16-21-10-20(6-7-23(21)31-32)26-25(19-4-2-17(11-27)3-5-19)22-13-30-33(24(22)14-29-26)15-18-8-9-28-12-18/h2-7,10,13-14,16,18,28H,8-9,12,15H2,1H3. The van der Waals surface area contributed by atoms with Crippen molar-refractivity contribution in [3.63, 3.8) is 0 Å². The maximum Gasteiger partial charge on any atom is 0.0991 e. The molecule has 1 aliphatic heterocycles. The van der Waals surface area contributed by atoms with E-state index in [1.54, 1.807) is 0 Å². The Morgan fingerprint density at radius 2 is 1.97 bits per heavy atom. The number of pyridine rings is 1. The van der Waals surface area contributed by atoms with Crippen LogP contribution in [0.2, 0.25) is 0 Å². The van der Waals surface area contributed by atoms with Gasteiger partial charge in [-0.15, -0.1) is 0 Å². The third-order valence-electron chi connectivity index (χ3n) is 6.49. The molecule has 162 valence electrons. The molecule has 2 aromatic carbocycles. The van der Waals surface area contributed by atoms with Crippen LogP contribution in [0.3, 0.4) is 0 Å². The van der Waals surface area contributed by atoms with Crippen LogP contribution >= 0.6 is 0 Å². The number of aryl methyl sites for hydroxylation is 1. The predicted octanol–water partition coefficient (Wildman–Crippen LogP) is 4.13. The smallest absolute Gasteiger partial charge is 0.0991 e. The van der Waals surface area contributed by atoms with E-state index in [4.69, 9.17) is 10.1 Å². The van der Waals surface area contributed by atoms with Crippen LogP contribution in [0.5, 0.6) is 0 Å². The monoisotopic (exact) mass is 433 g/mol. The molecule has 6 rings (SSSR count). The van der Waals surface area contributed by atoms with Gasteiger partial charge in [-0.2, -0.15) is 15.5 Å². The third kappa shape index (κ3) is 3.45. The van der Waals surface area contributed by atoms with Gasteiger partial charge in [-0.25, -0.2) is 0 Å². The first-order valence-electron chi connectivity index (χ1n) is 11.2. The van der Waals surface area contributed by atoms with E-state index in [1.807, 2.05) is 60.7 Å². The Morgan fingerprint density at radius 1 is 1.12 bits per heavy atom. The second-order valence-electron chi connectivity index (χ2n) is 8.73. The number of nitriles is 1. The maximum atomic E-state index is 9.26. The van der Waals surface area contributed by atoms with E-state index < -0.39 is 0 Å². The van der Waals surface area contributed by atoms with Crippen molar-refractivity contribution in [1.82, 2.24) is 29.9 Å². The first-order valence-corrected chi connectivity index (χ1v) is 11.2. The van der Waals surface area contributed by atoms with Gasteiger partial charge in [-0.1, -0.05) is 18.2 Å². The van der Waals surface area contributed by atoms with Crippen molar-refractivity contribution in [1.29, 1.82) is 5.26 Å². The lowest BCUT2D eigenvalue weighted by Gasteiger charge is -2.13. The van der Waals surface area contributed by atoms with Crippen molar-refractivity contribution in [2.24, 2.45) is 13.0 Å². The van der Waals surface area contributed by atoms with Crippen LogP contribution in [0.1, 0.15) is 12.0 Å². The highest BCUT2D eigenvalue weighted by molar-refractivity contribution is 6.02. The predicted molar refractivity (Wildman–Crippen MR) is 128 cm³/mol. The Morgan fingerprint density at radius 3 is 2.76 bits per heavy atom. The fourth-order valence-corrected chi connectivity index (χ4v) is 4.82. The lowest BCUT2D eigenvalue weighted by atomic mass is 9.95. The van der Waals surface area contributed by atoms with Crippen LogP contribution in [-0.4, -0.2) is 37.6 Å². The molecule has 0 spiro atoms. The van der Waals surface area contributed by atoms with Gasteiger partial charge in [0, 0.05) is 41.7 Å². The Bertz CT molecular complexity index is 1510. The van der Waals surface area contributed by atoms with Crippen LogP contribution in [0, 0.1) is 17.2 Å². The fourth-order valence-electron chi connectivity index (χ4n) is 4.82. The van der Waals surface area contributed by atoms with Gasteiger partial charge < -0.3 is 5.32 Å². The fraction of sp³-hybridized carbons (Fsp3) is 0.231.